The fraction of sp³-hybridized carbons (Fsp3) is 0.379. The van der Waals surface area contributed by atoms with Gasteiger partial charge in [0.25, 0.3) is 0 Å². The molecule has 186 valence electrons. The molecule has 0 bridgehead atoms. The van der Waals surface area contributed by atoms with Crippen molar-refractivity contribution in [3.63, 3.8) is 0 Å². The number of carbonyl (C=O) groups is 2. The molecule has 6 nitrogen and oxygen atoms in total. The van der Waals surface area contributed by atoms with Crippen LogP contribution in [0.15, 0.2) is 61.2 Å². The maximum Gasteiger partial charge on any atom is 0.330 e. The molecule has 1 saturated carbocycles. The summed E-state index contributed by atoms with van der Waals surface area (Å²) in [5, 5.41) is 0. The van der Waals surface area contributed by atoms with E-state index in [-0.39, 0.29) is 18.5 Å². The van der Waals surface area contributed by atoms with Crippen LogP contribution < -0.4 is 16.2 Å². The van der Waals surface area contributed by atoms with E-state index in [2.05, 4.69) is 6.58 Å². The predicted octanol–water partition coefficient (Wildman–Crippen LogP) is 5.72. The van der Waals surface area contributed by atoms with Gasteiger partial charge in [0, 0.05) is 23.9 Å². The van der Waals surface area contributed by atoms with Gasteiger partial charge in [0.05, 0.1) is 12.5 Å². The first-order valence-electron chi connectivity index (χ1n) is 12.4. The number of benzene rings is 2. The summed E-state index contributed by atoms with van der Waals surface area (Å²) < 4.78 is 10.8. The minimum Gasteiger partial charge on any atom is -0.462 e. The first-order chi connectivity index (χ1) is 16.9. The van der Waals surface area contributed by atoms with Crippen LogP contribution in [0.2, 0.25) is 0 Å². The summed E-state index contributed by atoms with van der Waals surface area (Å²) in [6.07, 6.45) is 13.0. The molecule has 0 amide bonds. The lowest BCUT2D eigenvalue weighted by atomic mass is 9.80. The molecule has 0 saturated heterocycles. The van der Waals surface area contributed by atoms with E-state index in [9.17, 15) is 9.59 Å². The molecule has 6 heteroatoms. The lowest BCUT2D eigenvalue weighted by Gasteiger charge is -2.27. The Kier molecular flexibility index (Phi) is 9.96. The van der Waals surface area contributed by atoms with Gasteiger partial charge in [-0.2, -0.15) is 0 Å². The Hall–Kier alpha value is -3.54. The van der Waals surface area contributed by atoms with Gasteiger partial charge in [0.15, 0.2) is 0 Å². The second-order valence-corrected chi connectivity index (χ2v) is 9.19. The van der Waals surface area contributed by atoms with Crippen molar-refractivity contribution in [3.8, 4) is 5.75 Å². The number of ether oxygens (including phenoxy) is 2. The molecule has 1 aliphatic rings. The molecule has 2 aromatic rings. The number of esters is 2. The highest BCUT2D eigenvalue weighted by Gasteiger charge is 2.27. The third kappa shape index (κ3) is 8.96. The van der Waals surface area contributed by atoms with Crippen LogP contribution in [0.1, 0.15) is 56.1 Å². The number of hydrogen-bond acceptors (Lipinski definition) is 6. The van der Waals surface area contributed by atoms with E-state index in [0.29, 0.717) is 29.5 Å². The van der Waals surface area contributed by atoms with Gasteiger partial charge in [0.2, 0.25) is 0 Å². The Morgan fingerprint density at radius 1 is 1.00 bits per heavy atom. The highest BCUT2D eigenvalue weighted by Crippen LogP contribution is 2.33. The Morgan fingerprint density at radius 3 is 2.34 bits per heavy atom. The van der Waals surface area contributed by atoms with Gasteiger partial charge in [-0.3, -0.25) is 4.79 Å². The second-order valence-electron chi connectivity index (χ2n) is 9.19. The fourth-order valence-corrected chi connectivity index (χ4v) is 4.46. The zero-order chi connectivity index (χ0) is 25.0. The van der Waals surface area contributed by atoms with E-state index in [1.54, 1.807) is 36.4 Å². The highest BCUT2D eigenvalue weighted by atomic mass is 16.5. The van der Waals surface area contributed by atoms with Crippen LogP contribution in [-0.2, 0) is 20.7 Å². The van der Waals surface area contributed by atoms with Crippen molar-refractivity contribution in [2.24, 2.45) is 11.8 Å². The monoisotopic (exact) mass is 476 g/mol. The topological polar surface area (TPSA) is 105 Å². The summed E-state index contributed by atoms with van der Waals surface area (Å²) in [5.41, 5.74) is 14.4. The number of hydrogen-bond donors (Lipinski definition) is 2. The number of rotatable bonds is 11. The summed E-state index contributed by atoms with van der Waals surface area (Å²) in [4.78, 5) is 24.5. The molecule has 0 atom stereocenters. The molecule has 2 aromatic carbocycles. The molecular formula is C29H36N2O4. The molecule has 1 aliphatic carbocycles. The summed E-state index contributed by atoms with van der Waals surface area (Å²) in [6, 6.07) is 12.4. The number of allylic oxidation sites excluding steroid dienone is 1. The largest absolute Gasteiger partial charge is 0.462 e. The minimum atomic E-state index is -0.433. The molecule has 35 heavy (non-hydrogen) atoms. The highest BCUT2D eigenvalue weighted by molar-refractivity contribution is 5.87. The van der Waals surface area contributed by atoms with E-state index in [1.165, 1.54) is 18.9 Å². The van der Waals surface area contributed by atoms with Crippen LogP contribution in [0.4, 0.5) is 11.4 Å². The normalized spacial score (nSPS) is 17.7. The van der Waals surface area contributed by atoms with Gasteiger partial charge in [-0.05, 0) is 92.0 Å². The minimum absolute atomic E-state index is 0.0243. The molecule has 0 unspecified atom stereocenters. The van der Waals surface area contributed by atoms with Crippen LogP contribution in [-0.4, -0.2) is 18.5 Å². The van der Waals surface area contributed by atoms with Crippen LogP contribution in [0.3, 0.4) is 0 Å². The summed E-state index contributed by atoms with van der Waals surface area (Å²) in [5.74, 6) is 0.626. The SMILES string of the molecule is C=CCCCC1CCC(C(=O)Oc2ccc(/C=C/C(=O)OCCc3cc(N)cc(N)c3)cc2)CC1. The van der Waals surface area contributed by atoms with Crippen molar-refractivity contribution in [3.05, 3.63) is 72.3 Å². The van der Waals surface area contributed by atoms with E-state index in [4.69, 9.17) is 20.9 Å². The average Bonchev–Trinajstić information content (AvgIpc) is 2.83. The molecule has 0 spiro atoms. The number of carbonyl (C=O) groups excluding carboxylic acids is 2. The van der Waals surface area contributed by atoms with Gasteiger partial charge >= 0.3 is 11.9 Å². The smallest absolute Gasteiger partial charge is 0.330 e. The first kappa shape index (κ1) is 26.1. The first-order valence-corrected chi connectivity index (χ1v) is 12.4. The van der Waals surface area contributed by atoms with Crippen LogP contribution in [0, 0.1) is 11.8 Å². The zero-order valence-corrected chi connectivity index (χ0v) is 20.3. The van der Waals surface area contributed by atoms with Crippen molar-refractivity contribution in [1.29, 1.82) is 0 Å². The van der Waals surface area contributed by atoms with Crippen molar-refractivity contribution >= 4 is 29.4 Å². The second kappa shape index (κ2) is 13.4. The molecule has 0 heterocycles. The maximum absolute atomic E-state index is 12.6. The van der Waals surface area contributed by atoms with Gasteiger partial charge in [-0.1, -0.05) is 24.6 Å². The van der Waals surface area contributed by atoms with Crippen LogP contribution in [0.5, 0.6) is 5.75 Å². The molecule has 3 rings (SSSR count). The zero-order valence-electron chi connectivity index (χ0n) is 20.3. The summed E-state index contributed by atoms with van der Waals surface area (Å²) in [7, 11) is 0. The fourth-order valence-electron chi connectivity index (χ4n) is 4.46. The lowest BCUT2D eigenvalue weighted by molar-refractivity contribution is -0.140. The van der Waals surface area contributed by atoms with Crippen molar-refractivity contribution in [1.82, 2.24) is 0 Å². The third-order valence-corrected chi connectivity index (χ3v) is 6.38. The van der Waals surface area contributed by atoms with E-state index >= 15 is 0 Å². The third-order valence-electron chi connectivity index (χ3n) is 6.38. The van der Waals surface area contributed by atoms with Gasteiger partial charge in [-0.15, -0.1) is 6.58 Å². The van der Waals surface area contributed by atoms with E-state index in [0.717, 1.165) is 43.2 Å². The molecule has 0 aliphatic heterocycles. The predicted molar refractivity (Wildman–Crippen MR) is 141 cm³/mol. The molecule has 0 radical (unpaired) electrons. The van der Waals surface area contributed by atoms with E-state index in [1.807, 2.05) is 18.2 Å². The van der Waals surface area contributed by atoms with Gasteiger partial charge < -0.3 is 20.9 Å². The van der Waals surface area contributed by atoms with Crippen LogP contribution in [0.25, 0.3) is 6.08 Å². The lowest BCUT2D eigenvalue weighted by Crippen LogP contribution is -2.25. The Bertz CT molecular complexity index is 1000. The Morgan fingerprint density at radius 2 is 1.69 bits per heavy atom. The van der Waals surface area contributed by atoms with Crippen LogP contribution >= 0.6 is 0 Å². The molecule has 0 aromatic heterocycles. The summed E-state index contributed by atoms with van der Waals surface area (Å²) in [6.45, 7) is 4.01. The van der Waals surface area contributed by atoms with Gasteiger partial charge in [-0.25, -0.2) is 4.79 Å². The summed E-state index contributed by atoms with van der Waals surface area (Å²) >= 11 is 0. The number of nitrogen functional groups attached to an aromatic ring is 2. The standard InChI is InChI=1S/C29H36N2O4/c1-2-3-4-5-21-6-11-24(12-7-21)29(33)35-27-13-8-22(9-14-27)10-15-28(32)34-17-16-23-18-25(30)20-26(31)19-23/h2,8-10,13-15,18-21,24H,1,3-7,11-12,16-17,30-31H2/b15-10+. The Balaban J connectivity index is 1.38. The van der Waals surface area contributed by atoms with E-state index < -0.39 is 5.97 Å². The van der Waals surface area contributed by atoms with Crippen molar-refractivity contribution < 1.29 is 19.1 Å². The van der Waals surface area contributed by atoms with Gasteiger partial charge in [0.1, 0.15) is 5.75 Å². The average molecular weight is 477 g/mol. The molecule has 1 fully saturated rings. The number of nitrogens with two attached hydrogens (primary N) is 2. The number of anilines is 2. The molecular weight excluding hydrogens is 440 g/mol. The maximum atomic E-state index is 12.6. The Labute approximate surface area is 208 Å². The van der Waals surface area contributed by atoms with Crippen molar-refractivity contribution in [2.75, 3.05) is 18.1 Å². The van der Waals surface area contributed by atoms with Crippen molar-refractivity contribution in [2.45, 2.75) is 51.4 Å². The quantitative estimate of drug-likeness (QED) is 0.107. The molecule has 4 N–H and O–H groups in total. The number of unbranched alkanes of at least 4 members (excludes halogenated alkanes) is 1.